The lowest BCUT2D eigenvalue weighted by atomic mass is 10.0. The second kappa shape index (κ2) is 10.3. The number of likely N-dealkylation sites (N-methyl/N-ethyl adjacent to an activating group) is 1. The fourth-order valence-electron chi connectivity index (χ4n) is 2.54. The molecule has 0 spiro atoms. The second-order valence-electron chi connectivity index (χ2n) is 6.47. The summed E-state index contributed by atoms with van der Waals surface area (Å²) in [5.74, 6) is -0.137. The van der Waals surface area contributed by atoms with Gasteiger partial charge in [-0.05, 0) is 36.7 Å². The highest BCUT2D eigenvalue weighted by Crippen LogP contribution is 2.24. The van der Waals surface area contributed by atoms with Crippen LogP contribution < -0.4 is 10.6 Å². The fourth-order valence-corrected chi connectivity index (χ4v) is 2.84. The van der Waals surface area contributed by atoms with E-state index < -0.39 is 0 Å². The Labute approximate surface area is 169 Å². The Hall–Kier alpha value is -2.08. The van der Waals surface area contributed by atoms with Crippen molar-refractivity contribution in [2.75, 3.05) is 32.0 Å². The molecular weight excluding hydrogens is 385 g/mol. The van der Waals surface area contributed by atoms with Gasteiger partial charge in [-0.3, -0.25) is 14.5 Å². The van der Waals surface area contributed by atoms with Gasteiger partial charge in [0.25, 0.3) is 0 Å². The minimum atomic E-state index is -0.235. The molecule has 0 radical (unpaired) electrons. The average Bonchev–Trinajstić information content (AvgIpc) is 2.63. The van der Waals surface area contributed by atoms with Crippen LogP contribution in [0.4, 0.5) is 5.69 Å². The third-order valence-electron chi connectivity index (χ3n) is 4.00. The number of carbonyl (C=O) groups is 2. The zero-order valence-corrected chi connectivity index (χ0v) is 16.8. The smallest absolute Gasteiger partial charge is 0.238 e. The lowest BCUT2D eigenvalue weighted by Crippen LogP contribution is -2.39. The van der Waals surface area contributed by atoms with Gasteiger partial charge in [-0.2, -0.15) is 0 Å². The first-order chi connectivity index (χ1) is 12.8. The molecule has 7 heteroatoms. The predicted molar refractivity (Wildman–Crippen MR) is 110 cm³/mol. The summed E-state index contributed by atoms with van der Waals surface area (Å²) in [6.45, 7) is 2.83. The van der Waals surface area contributed by atoms with Gasteiger partial charge in [0.2, 0.25) is 11.8 Å². The predicted octanol–water partition coefficient (Wildman–Crippen LogP) is 3.78. The summed E-state index contributed by atoms with van der Waals surface area (Å²) < 4.78 is 0. The van der Waals surface area contributed by atoms with Crippen molar-refractivity contribution < 1.29 is 9.59 Å². The molecule has 0 aliphatic carbocycles. The summed E-state index contributed by atoms with van der Waals surface area (Å²) in [5.41, 5.74) is 1.73. The Morgan fingerprint density at radius 2 is 1.67 bits per heavy atom. The molecule has 2 amide bonds. The van der Waals surface area contributed by atoms with Crippen molar-refractivity contribution in [2.24, 2.45) is 0 Å². The highest BCUT2D eigenvalue weighted by Gasteiger charge is 2.13. The topological polar surface area (TPSA) is 61.4 Å². The van der Waals surface area contributed by atoms with E-state index in [1.165, 1.54) is 5.56 Å². The maximum absolute atomic E-state index is 12.1. The van der Waals surface area contributed by atoms with Crippen LogP contribution in [0.15, 0.2) is 48.5 Å². The number of benzene rings is 2. The summed E-state index contributed by atoms with van der Waals surface area (Å²) in [4.78, 5) is 25.8. The maximum Gasteiger partial charge on any atom is 0.238 e. The largest absolute Gasteiger partial charge is 0.354 e. The number of hydrogen-bond donors (Lipinski definition) is 2. The number of nitrogens with zero attached hydrogens (tertiary/aromatic N) is 1. The van der Waals surface area contributed by atoms with Crippen LogP contribution in [0.1, 0.15) is 18.4 Å². The number of carbonyl (C=O) groups excluding carboxylic acids is 2. The molecule has 0 aliphatic rings. The van der Waals surface area contributed by atoms with Crippen molar-refractivity contribution in [3.63, 3.8) is 0 Å². The van der Waals surface area contributed by atoms with E-state index in [0.29, 0.717) is 22.3 Å². The number of hydrogen-bond acceptors (Lipinski definition) is 3. The van der Waals surface area contributed by atoms with Crippen molar-refractivity contribution in [3.8, 4) is 0 Å². The van der Waals surface area contributed by atoms with Gasteiger partial charge < -0.3 is 10.6 Å². The quantitative estimate of drug-likeness (QED) is 0.699. The lowest BCUT2D eigenvalue weighted by molar-refractivity contribution is -0.123. The van der Waals surface area contributed by atoms with Crippen LogP contribution in [0.5, 0.6) is 0 Å². The molecule has 2 N–H and O–H groups in total. The van der Waals surface area contributed by atoms with Gasteiger partial charge in [-0.25, -0.2) is 0 Å². The van der Waals surface area contributed by atoms with Crippen LogP contribution in [-0.2, 0) is 9.59 Å². The fraction of sp³-hybridized carbons (Fsp3) is 0.300. The Kier molecular flexibility index (Phi) is 8.10. The zero-order valence-electron chi connectivity index (χ0n) is 15.3. The van der Waals surface area contributed by atoms with Crippen molar-refractivity contribution in [1.82, 2.24) is 10.2 Å². The van der Waals surface area contributed by atoms with E-state index in [1.807, 2.05) is 30.3 Å². The molecular formula is C20H23Cl2N3O2. The molecule has 27 heavy (non-hydrogen) atoms. The number of nitrogens with one attached hydrogen (secondary N) is 2. The third-order valence-corrected chi connectivity index (χ3v) is 4.74. The molecule has 2 aromatic carbocycles. The Balaban J connectivity index is 1.73. The minimum Gasteiger partial charge on any atom is -0.354 e. The first-order valence-corrected chi connectivity index (χ1v) is 9.36. The van der Waals surface area contributed by atoms with E-state index in [1.54, 1.807) is 30.1 Å². The summed E-state index contributed by atoms with van der Waals surface area (Å²) in [7, 11) is 1.72. The molecule has 144 valence electrons. The summed E-state index contributed by atoms with van der Waals surface area (Å²) in [5, 5.41) is 6.43. The Bertz CT molecular complexity index is 784. The number of anilines is 1. The minimum absolute atomic E-state index is 0.0852. The number of rotatable bonds is 8. The van der Waals surface area contributed by atoms with Gasteiger partial charge in [-0.1, -0.05) is 60.5 Å². The highest BCUT2D eigenvalue weighted by molar-refractivity contribution is 6.42. The lowest BCUT2D eigenvalue weighted by Gasteiger charge is -2.18. The normalized spacial score (nSPS) is 11.9. The summed E-state index contributed by atoms with van der Waals surface area (Å²) >= 11 is 11.8. The summed E-state index contributed by atoms with van der Waals surface area (Å²) in [6.07, 6.45) is 0. The van der Waals surface area contributed by atoms with Crippen LogP contribution in [0.2, 0.25) is 10.0 Å². The SMILES string of the molecule is C[C@@H](CNC(=O)CN(C)CC(=O)Nc1ccc(Cl)c(Cl)c1)c1ccccc1. The van der Waals surface area contributed by atoms with Gasteiger partial charge in [0, 0.05) is 12.2 Å². The second-order valence-corrected chi connectivity index (χ2v) is 7.28. The number of halogens is 2. The van der Waals surface area contributed by atoms with Gasteiger partial charge in [-0.15, -0.1) is 0 Å². The molecule has 0 fully saturated rings. The molecule has 0 saturated heterocycles. The third kappa shape index (κ3) is 7.21. The first-order valence-electron chi connectivity index (χ1n) is 8.60. The van der Waals surface area contributed by atoms with Crippen LogP contribution in [-0.4, -0.2) is 43.4 Å². The molecule has 5 nitrogen and oxygen atoms in total. The van der Waals surface area contributed by atoms with Crippen molar-refractivity contribution in [2.45, 2.75) is 12.8 Å². The van der Waals surface area contributed by atoms with Gasteiger partial charge in [0.05, 0.1) is 23.1 Å². The molecule has 0 saturated carbocycles. The van der Waals surface area contributed by atoms with E-state index in [2.05, 4.69) is 17.6 Å². The number of amides is 2. The van der Waals surface area contributed by atoms with Crippen molar-refractivity contribution >= 4 is 40.7 Å². The summed E-state index contributed by atoms with van der Waals surface area (Å²) in [6, 6.07) is 14.9. The standard InChI is InChI=1S/C20H23Cl2N3O2/c1-14(15-6-4-3-5-7-15)11-23-19(26)12-25(2)13-20(27)24-16-8-9-17(21)18(22)10-16/h3-10,14H,11-13H2,1-2H3,(H,23,26)(H,24,27)/t14-/m0/s1. The molecule has 0 heterocycles. The first kappa shape index (κ1) is 21.2. The monoisotopic (exact) mass is 407 g/mol. The Morgan fingerprint density at radius 1 is 1.00 bits per heavy atom. The van der Waals surface area contributed by atoms with E-state index >= 15 is 0 Å². The van der Waals surface area contributed by atoms with Gasteiger partial charge in [0.1, 0.15) is 0 Å². The van der Waals surface area contributed by atoms with E-state index in [9.17, 15) is 9.59 Å². The zero-order chi connectivity index (χ0) is 19.8. The average molecular weight is 408 g/mol. The molecule has 0 aromatic heterocycles. The van der Waals surface area contributed by atoms with E-state index in [0.717, 1.165) is 0 Å². The van der Waals surface area contributed by atoms with Gasteiger partial charge in [0.15, 0.2) is 0 Å². The molecule has 0 unspecified atom stereocenters. The van der Waals surface area contributed by atoms with Crippen LogP contribution in [0.3, 0.4) is 0 Å². The maximum atomic E-state index is 12.1. The Morgan fingerprint density at radius 3 is 2.33 bits per heavy atom. The molecule has 0 aliphatic heterocycles. The molecule has 0 bridgehead atoms. The molecule has 2 rings (SSSR count). The van der Waals surface area contributed by atoms with Crippen molar-refractivity contribution in [1.29, 1.82) is 0 Å². The van der Waals surface area contributed by atoms with Crippen molar-refractivity contribution in [3.05, 3.63) is 64.1 Å². The van der Waals surface area contributed by atoms with Crippen LogP contribution in [0.25, 0.3) is 0 Å². The van der Waals surface area contributed by atoms with E-state index in [4.69, 9.17) is 23.2 Å². The van der Waals surface area contributed by atoms with Crippen LogP contribution in [0, 0.1) is 0 Å². The van der Waals surface area contributed by atoms with Crippen LogP contribution >= 0.6 is 23.2 Å². The van der Waals surface area contributed by atoms with Gasteiger partial charge >= 0.3 is 0 Å². The highest BCUT2D eigenvalue weighted by atomic mass is 35.5. The molecule has 1 atom stereocenters. The van der Waals surface area contributed by atoms with E-state index in [-0.39, 0.29) is 30.8 Å². The molecule has 2 aromatic rings.